The number of piperidine rings is 1. The smallest absolute Gasteiger partial charge is 0.0498 e. The Morgan fingerprint density at radius 1 is 1.15 bits per heavy atom. The van der Waals surface area contributed by atoms with Gasteiger partial charge in [0, 0.05) is 40.1 Å². The van der Waals surface area contributed by atoms with Crippen LogP contribution in [0.3, 0.4) is 0 Å². The van der Waals surface area contributed by atoms with E-state index in [1.165, 1.54) is 59.2 Å². The summed E-state index contributed by atoms with van der Waals surface area (Å²) in [5, 5.41) is 1.39. The monoisotopic (exact) mass is 361 g/mol. The van der Waals surface area contributed by atoms with Crippen molar-refractivity contribution in [2.75, 3.05) is 13.1 Å². The predicted molar refractivity (Wildman–Crippen MR) is 114 cm³/mol. The molecule has 1 saturated heterocycles. The quantitative estimate of drug-likeness (QED) is 0.647. The molecule has 4 rings (SSSR count). The Labute approximate surface area is 162 Å². The number of likely N-dealkylation sites (tertiary alicyclic amines) is 1. The summed E-state index contributed by atoms with van der Waals surface area (Å²) in [6, 6.07) is 12.0. The second kappa shape index (κ2) is 7.47. The van der Waals surface area contributed by atoms with Crippen molar-refractivity contribution in [1.29, 1.82) is 0 Å². The maximum Gasteiger partial charge on any atom is 0.0498 e. The van der Waals surface area contributed by atoms with Crippen molar-refractivity contribution in [3.8, 4) is 11.3 Å². The molecule has 0 unspecified atom stereocenters. The highest BCUT2D eigenvalue weighted by molar-refractivity contribution is 5.91. The van der Waals surface area contributed by atoms with Crippen molar-refractivity contribution in [3.63, 3.8) is 0 Å². The van der Waals surface area contributed by atoms with Crippen LogP contribution in [0.5, 0.6) is 0 Å². The first-order valence-electron chi connectivity index (χ1n) is 10.4. The summed E-state index contributed by atoms with van der Waals surface area (Å²) in [7, 11) is 0. The number of nitrogens with zero attached hydrogens (tertiary/aromatic N) is 2. The van der Waals surface area contributed by atoms with Crippen LogP contribution in [-0.4, -0.2) is 34.0 Å². The fourth-order valence-corrected chi connectivity index (χ4v) is 4.58. The molecule has 142 valence electrons. The second-order valence-corrected chi connectivity index (χ2v) is 8.23. The normalized spacial score (nSPS) is 16.5. The zero-order chi connectivity index (χ0) is 19.0. The molecule has 3 heterocycles. The minimum atomic E-state index is 0.663. The van der Waals surface area contributed by atoms with E-state index in [0.717, 1.165) is 12.1 Å². The number of aryl methyl sites for hydroxylation is 2. The standard InChI is InChI=1S/C24H31N3/c1-5-21-22-15-19(18-9-12-27(13-10-18)16(2)3)6-7-23(22)26-24(21)20-8-11-25-17(4)14-20/h6-8,11,14-16,18,26H,5,9-10,12-13H2,1-4H3. The maximum absolute atomic E-state index is 4.35. The summed E-state index contributed by atoms with van der Waals surface area (Å²) < 4.78 is 0. The van der Waals surface area contributed by atoms with Gasteiger partial charge < -0.3 is 9.88 Å². The molecule has 0 atom stereocenters. The molecule has 0 bridgehead atoms. The van der Waals surface area contributed by atoms with Gasteiger partial charge in [0.15, 0.2) is 0 Å². The Morgan fingerprint density at radius 2 is 1.93 bits per heavy atom. The minimum Gasteiger partial charge on any atom is -0.354 e. The molecule has 0 saturated carbocycles. The average molecular weight is 362 g/mol. The fraction of sp³-hybridized carbons (Fsp3) is 0.458. The van der Waals surface area contributed by atoms with Crippen molar-refractivity contribution in [2.45, 2.75) is 58.9 Å². The maximum atomic E-state index is 4.35. The molecule has 0 radical (unpaired) electrons. The zero-order valence-electron chi connectivity index (χ0n) is 17.0. The van der Waals surface area contributed by atoms with Crippen LogP contribution in [0.1, 0.15) is 56.4 Å². The van der Waals surface area contributed by atoms with E-state index in [0.29, 0.717) is 12.0 Å². The van der Waals surface area contributed by atoms with Gasteiger partial charge in [-0.05, 0) is 94.4 Å². The van der Waals surface area contributed by atoms with Crippen molar-refractivity contribution >= 4 is 10.9 Å². The Balaban J connectivity index is 1.68. The fourth-order valence-electron chi connectivity index (χ4n) is 4.58. The molecule has 1 N–H and O–H groups in total. The van der Waals surface area contributed by atoms with Crippen molar-refractivity contribution in [2.24, 2.45) is 0 Å². The van der Waals surface area contributed by atoms with E-state index in [9.17, 15) is 0 Å². The highest BCUT2D eigenvalue weighted by atomic mass is 15.1. The van der Waals surface area contributed by atoms with Gasteiger partial charge in [0.1, 0.15) is 0 Å². The molecule has 0 amide bonds. The third kappa shape index (κ3) is 3.53. The van der Waals surface area contributed by atoms with Gasteiger partial charge in [0.2, 0.25) is 0 Å². The highest BCUT2D eigenvalue weighted by Crippen LogP contribution is 2.35. The van der Waals surface area contributed by atoms with Crippen LogP contribution >= 0.6 is 0 Å². The van der Waals surface area contributed by atoms with Gasteiger partial charge in [-0.3, -0.25) is 4.98 Å². The van der Waals surface area contributed by atoms with Gasteiger partial charge in [-0.2, -0.15) is 0 Å². The van der Waals surface area contributed by atoms with Crippen molar-refractivity contribution < 1.29 is 0 Å². The van der Waals surface area contributed by atoms with Gasteiger partial charge in [-0.25, -0.2) is 0 Å². The van der Waals surface area contributed by atoms with Crippen LogP contribution in [-0.2, 0) is 6.42 Å². The van der Waals surface area contributed by atoms with Crippen LogP contribution in [0.25, 0.3) is 22.2 Å². The first-order valence-corrected chi connectivity index (χ1v) is 10.4. The largest absolute Gasteiger partial charge is 0.354 e. The molecule has 1 aliphatic rings. The first-order chi connectivity index (χ1) is 13.1. The van der Waals surface area contributed by atoms with E-state index in [-0.39, 0.29) is 0 Å². The second-order valence-electron chi connectivity index (χ2n) is 8.23. The number of aromatic amines is 1. The zero-order valence-corrected chi connectivity index (χ0v) is 17.0. The number of nitrogens with one attached hydrogen (secondary N) is 1. The lowest BCUT2D eigenvalue weighted by Gasteiger charge is -2.34. The van der Waals surface area contributed by atoms with Crippen molar-refractivity contribution in [1.82, 2.24) is 14.9 Å². The third-order valence-corrected chi connectivity index (χ3v) is 6.20. The molecular formula is C24H31N3. The lowest BCUT2D eigenvalue weighted by atomic mass is 9.88. The molecule has 1 aliphatic heterocycles. The van der Waals surface area contributed by atoms with Crippen molar-refractivity contribution in [3.05, 3.63) is 53.3 Å². The summed E-state index contributed by atoms with van der Waals surface area (Å²) in [4.78, 5) is 10.6. The Hall–Kier alpha value is -2.13. The number of rotatable bonds is 4. The average Bonchev–Trinajstić information content (AvgIpc) is 3.06. The number of benzene rings is 1. The number of pyridine rings is 1. The van der Waals surface area contributed by atoms with Gasteiger partial charge >= 0.3 is 0 Å². The van der Waals surface area contributed by atoms with E-state index < -0.39 is 0 Å². The number of hydrogen-bond acceptors (Lipinski definition) is 2. The van der Waals surface area contributed by atoms with E-state index in [4.69, 9.17) is 0 Å². The Morgan fingerprint density at radius 3 is 2.59 bits per heavy atom. The van der Waals surface area contributed by atoms with Gasteiger partial charge in [0.25, 0.3) is 0 Å². The summed E-state index contributed by atoms with van der Waals surface area (Å²) in [5.74, 6) is 0.690. The number of aromatic nitrogens is 2. The van der Waals surface area contributed by atoms with Crippen LogP contribution in [0.2, 0.25) is 0 Å². The predicted octanol–water partition coefficient (Wildman–Crippen LogP) is 5.69. The van der Waals surface area contributed by atoms with Gasteiger partial charge in [-0.15, -0.1) is 0 Å². The lowest BCUT2D eigenvalue weighted by Crippen LogP contribution is -2.37. The van der Waals surface area contributed by atoms with Crippen LogP contribution in [0.15, 0.2) is 36.5 Å². The SMILES string of the molecule is CCc1c(-c2ccnc(C)c2)[nH]c2ccc(C3CCN(C(C)C)CC3)cc12. The molecule has 1 aromatic carbocycles. The molecule has 2 aromatic heterocycles. The van der Waals surface area contributed by atoms with E-state index >= 15 is 0 Å². The van der Waals surface area contributed by atoms with E-state index in [2.05, 4.69) is 72.9 Å². The minimum absolute atomic E-state index is 0.663. The van der Waals surface area contributed by atoms with Gasteiger partial charge in [0.05, 0.1) is 0 Å². The first kappa shape index (κ1) is 18.2. The highest BCUT2D eigenvalue weighted by Gasteiger charge is 2.23. The number of hydrogen-bond donors (Lipinski definition) is 1. The summed E-state index contributed by atoms with van der Waals surface area (Å²) in [6.45, 7) is 11.4. The van der Waals surface area contributed by atoms with Crippen LogP contribution in [0.4, 0.5) is 0 Å². The molecule has 3 heteroatoms. The summed E-state index contributed by atoms with van der Waals surface area (Å²) >= 11 is 0. The molecule has 3 aromatic rings. The molecule has 0 spiro atoms. The molecular weight excluding hydrogens is 330 g/mol. The summed E-state index contributed by atoms with van der Waals surface area (Å²) in [6.07, 6.45) is 5.48. The number of H-pyrrole nitrogens is 1. The number of fused-ring (bicyclic) bond motifs is 1. The molecule has 3 nitrogen and oxygen atoms in total. The lowest BCUT2D eigenvalue weighted by molar-refractivity contribution is 0.172. The molecule has 0 aliphatic carbocycles. The van der Waals surface area contributed by atoms with E-state index in [1.807, 2.05) is 6.20 Å². The van der Waals surface area contributed by atoms with E-state index in [1.54, 1.807) is 0 Å². The summed E-state index contributed by atoms with van der Waals surface area (Å²) in [5.41, 5.74) is 7.74. The Bertz CT molecular complexity index is 930. The topological polar surface area (TPSA) is 31.9 Å². The molecule has 27 heavy (non-hydrogen) atoms. The molecule has 1 fully saturated rings. The van der Waals surface area contributed by atoms with Crippen LogP contribution < -0.4 is 0 Å². The Kier molecular flexibility index (Phi) is 5.05. The van der Waals surface area contributed by atoms with Gasteiger partial charge in [-0.1, -0.05) is 13.0 Å². The van der Waals surface area contributed by atoms with Crippen LogP contribution in [0, 0.1) is 6.92 Å². The third-order valence-electron chi connectivity index (χ3n) is 6.20.